The van der Waals surface area contributed by atoms with E-state index in [0.717, 1.165) is 22.3 Å². The van der Waals surface area contributed by atoms with E-state index in [-0.39, 0.29) is 11.5 Å². The van der Waals surface area contributed by atoms with E-state index in [1.54, 1.807) is 24.3 Å². The lowest BCUT2D eigenvalue weighted by Crippen LogP contribution is -2.10. The summed E-state index contributed by atoms with van der Waals surface area (Å²) < 4.78 is 24.4. The highest BCUT2D eigenvalue weighted by atomic mass is 32.2. The minimum atomic E-state index is -3.20. The van der Waals surface area contributed by atoms with Crippen molar-refractivity contribution in [3.05, 3.63) is 70.8 Å². The van der Waals surface area contributed by atoms with E-state index in [0.29, 0.717) is 4.99 Å². The van der Waals surface area contributed by atoms with Crippen LogP contribution in [0.15, 0.2) is 48.5 Å². The van der Waals surface area contributed by atoms with Gasteiger partial charge in [0.2, 0.25) is 0 Å². The van der Waals surface area contributed by atoms with Crippen molar-refractivity contribution in [2.24, 2.45) is 5.73 Å². The van der Waals surface area contributed by atoms with Gasteiger partial charge in [0.05, 0.1) is 11.5 Å². The van der Waals surface area contributed by atoms with E-state index >= 15 is 0 Å². The van der Waals surface area contributed by atoms with Gasteiger partial charge in [0.15, 0.2) is 9.84 Å². The molecule has 0 heterocycles. The Kier molecular flexibility index (Phi) is 4.75. The van der Waals surface area contributed by atoms with Gasteiger partial charge in [0, 0.05) is 5.56 Å². The van der Waals surface area contributed by atoms with Crippen LogP contribution in [0.2, 0.25) is 0 Å². The largest absolute Gasteiger partial charge is 0.389 e. The number of rotatable bonds is 5. The summed E-state index contributed by atoms with van der Waals surface area (Å²) in [6.45, 7) is 1.97. The maximum Gasteiger partial charge on any atom is 0.158 e. The molecule has 0 spiro atoms. The first kappa shape index (κ1) is 15.7. The number of hydrogen-bond donors (Lipinski definition) is 1. The summed E-state index contributed by atoms with van der Waals surface area (Å²) in [5.74, 6) is 0.0584. The molecule has 2 N–H and O–H groups in total. The summed E-state index contributed by atoms with van der Waals surface area (Å²) in [4.78, 5) is 0.309. The Balaban J connectivity index is 2.10. The third kappa shape index (κ3) is 4.65. The van der Waals surface area contributed by atoms with Gasteiger partial charge >= 0.3 is 0 Å². The Morgan fingerprint density at radius 3 is 1.81 bits per heavy atom. The number of aryl methyl sites for hydroxylation is 1. The molecule has 0 bridgehead atoms. The lowest BCUT2D eigenvalue weighted by molar-refractivity contribution is 0.594. The number of thiocarbonyl (C=S) groups is 1. The SMILES string of the molecule is Cc1ccc(CS(=O)(=O)Cc2ccc(C(N)=S)cc2)cc1. The summed E-state index contributed by atoms with van der Waals surface area (Å²) in [5.41, 5.74) is 8.92. The molecule has 0 saturated heterocycles. The van der Waals surface area contributed by atoms with Crippen molar-refractivity contribution in [3.63, 3.8) is 0 Å². The lowest BCUT2D eigenvalue weighted by Gasteiger charge is -2.06. The average molecular weight is 319 g/mol. The van der Waals surface area contributed by atoms with Crippen LogP contribution < -0.4 is 5.73 Å². The minimum Gasteiger partial charge on any atom is -0.389 e. The van der Waals surface area contributed by atoms with Gasteiger partial charge in [-0.15, -0.1) is 0 Å². The smallest absolute Gasteiger partial charge is 0.158 e. The molecule has 0 radical (unpaired) electrons. The van der Waals surface area contributed by atoms with Crippen LogP contribution >= 0.6 is 12.2 Å². The highest BCUT2D eigenvalue weighted by Gasteiger charge is 2.13. The average Bonchev–Trinajstić information content (AvgIpc) is 2.41. The molecule has 0 aliphatic heterocycles. The fourth-order valence-corrected chi connectivity index (χ4v) is 3.65. The third-order valence-corrected chi connectivity index (χ3v) is 4.91. The molecule has 110 valence electrons. The first-order valence-electron chi connectivity index (χ1n) is 6.50. The van der Waals surface area contributed by atoms with E-state index in [2.05, 4.69) is 0 Å². The van der Waals surface area contributed by atoms with Crippen LogP contribution in [0.4, 0.5) is 0 Å². The molecule has 2 rings (SSSR count). The Morgan fingerprint density at radius 2 is 1.38 bits per heavy atom. The predicted molar refractivity (Wildman–Crippen MR) is 89.8 cm³/mol. The van der Waals surface area contributed by atoms with Crippen molar-refractivity contribution in [3.8, 4) is 0 Å². The van der Waals surface area contributed by atoms with Crippen molar-refractivity contribution in [2.75, 3.05) is 0 Å². The molecule has 3 nitrogen and oxygen atoms in total. The van der Waals surface area contributed by atoms with Crippen molar-refractivity contribution < 1.29 is 8.42 Å². The Labute approximate surface area is 130 Å². The van der Waals surface area contributed by atoms with Crippen LogP contribution in [0.1, 0.15) is 22.3 Å². The molecule has 5 heteroatoms. The van der Waals surface area contributed by atoms with Crippen LogP contribution in [0, 0.1) is 6.92 Å². The standard InChI is InChI=1S/C16H17NO2S2/c1-12-2-4-13(5-3-12)10-21(18,19)11-14-6-8-15(9-7-14)16(17)20/h2-9H,10-11H2,1H3,(H2,17,20). The van der Waals surface area contributed by atoms with Gasteiger partial charge in [-0.3, -0.25) is 0 Å². The van der Waals surface area contributed by atoms with Gasteiger partial charge in [0.25, 0.3) is 0 Å². The second kappa shape index (κ2) is 6.37. The fraction of sp³-hybridized carbons (Fsp3) is 0.188. The zero-order valence-electron chi connectivity index (χ0n) is 11.7. The van der Waals surface area contributed by atoms with Crippen LogP contribution in [0.5, 0.6) is 0 Å². The quantitative estimate of drug-likeness (QED) is 0.861. The number of nitrogens with two attached hydrogens (primary N) is 1. The van der Waals surface area contributed by atoms with Crippen molar-refractivity contribution >= 4 is 27.0 Å². The van der Waals surface area contributed by atoms with Gasteiger partial charge < -0.3 is 5.73 Å². The lowest BCUT2D eigenvalue weighted by atomic mass is 10.1. The first-order valence-corrected chi connectivity index (χ1v) is 8.73. The predicted octanol–water partition coefficient (Wildman–Crippen LogP) is 2.74. The summed E-state index contributed by atoms with van der Waals surface area (Å²) in [6, 6.07) is 14.5. The molecule has 0 unspecified atom stereocenters. The molecular formula is C16H17NO2S2. The van der Waals surface area contributed by atoms with Crippen LogP contribution in [0.3, 0.4) is 0 Å². The molecular weight excluding hydrogens is 302 g/mol. The maximum atomic E-state index is 12.2. The van der Waals surface area contributed by atoms with Gasteiger partial charge in [-0.25, -0.2) is 8.42 Å². The topological polar surface area (TPSA) is 60.2 Å². The summed E-state index contributed by atoms with van der Waals surface area (Å²) in [7, 11) is -3.20. The fourth-order valence-electron chi connectivity index (χ4n) is 2.01. The highest BCUT2D eigenvalue weighted by molar-refractivity contribution is 7.89. The monoisotopic (exact) mass is 319 g/mol. The molecule has 0 aliphatic rings. The van der Waals surface area contributed by atoms with Crippen LogP contribution in [-0.2, 0) is 21.3 Å². The molecule has 2 aromatic carbocycles. The van der Waals surface area contributed by atoms with Crippen LogP contribution in [0.25, 0.3) is 0 Å². The van der Waals surface area contributed by atoms with Gasteiger partial charge in [-0.05, 0) is 18.1 Å². The zero-order valence-corrected chi connectivity index (χ0v) is 13.4. The molecule has 21 heavy (non-hydrogen) atoms. The van der Waals surface area contributed by atoms with Gasteiger partial charge in [-0.2, -0.15) is 0 Å². The molecule has 0 aromatic heterocycles. The van der Waals surface area contributed by atoms with E-state index in [4.69, 9.17) is 18.0 Å². The number of benzene rings is 2. The molecule has 2 aromatic rings. The third-order valence-electron chi connectivity index (χ3n) is 3.13. The highest BCUT2D eigenvalue weighted by Crippen LogP contribution is 2.14. The van der Waals surface area contributed by atoms with E-state index in [1.165, 1.54) is 0 Å². The summed E-state index contributed by atoms with van der Waals surface area (Å²) >= 11 is 4.87. The van der Waals surface area contributed by atoms with E-state index in [9.17, 15) is 8.42 Å². The number of sulfone groups is 1. The normalized spacial score (nSPS) is 11.3. The molecule has 0 amide bonds. The van der Waals surface area contributed by atoms with E-state index in [1.807, 2.05) is 31.2 Å². The second-order valence-corrected chi connectivity index (χ2v) is 7.58. The molecule has 0 aliphatic carbocycles. The Hall–Kier alpha value is -1.72. The van der Waals surface area contributed by atoms with Gasteiger partial charge in [-0.1, -0.05) is 66.3 Å². The second-order valence-electron chi connectivity index (χ2n) is 5.08. The minimum absolute atomic E-state index is 0.0124. The van der Waals surface area contributed by atoms with Gasteiger partial charge in [0.1, 0.15) is 4.99 Å². The summed E-state index contributed by atoms with van der Waals surface area (Å²) in [5, 5.41) is 0. The Morgan fingerprint density at radius 1 is 0.952 bits per heavy atom. The molecule has 0 fully saturated rings. The molecule has 0 saturated carbocycles. The number of hydrogen-bond acceptors (Lipinski definition) is 3. The first-order chi connectivity index (χ1) is 9.85. The van der Waals surface area contributed by atoms with Crippen molar-refractivity contribution in [2.45, 2.75) is 18.4 Å². The Bertz CT molecular complexity index is 733. The van der Waals surface area contributed by atoms with Crippen molar-refractivity contribution in [1.29, 1.82) is 0 Å². The summed E-state index contributed by atoms with van der Waals surface area (Å²) in [6.07, 6.45) is 0. The molecule has 0 atom stereocenters. The van der Waals surface area contributed by atoms with Crippen molar-refractivity contribution in [1.82, 2.24) is 0 Å². The van der Waals surface area contributed by atoms with Crippen LogP contribution in [-0.4, -0.2) is 13.4 Å². The van der Waals surface area contributed by atoms with E-state index < -0.39 is 9.84 Å². The maximum absolute atomic E-state index is 12.2. The zero-order chi connectivity index (χ0) is 15.5.